The van der Waals surface area contributed by atoms with E-state index in [9.17, 15) is 4.79 Å². The number of halogens is 1. The number of carbonyl (C=O) groups excluding carboxylic acids is 1. The van der Waals surface area contributed by atoms with Gasteiger partial charge in [0.15, 0.2) is 0 Å². The van der Waals surface area contributed by atoms with Crippen LogP contribution in [0.15, 0.2) is 54.6 Å². The van der Waals surface area contributed by atoms with Gasteiger partial charge in [-0.3, -0.25) is 4.79 Å². The SMILES string of the molecule is Cl.Nc1ccc(CC(=O)NCC2(c3ccccc3)CCC2)cc1. The van der Waals surface area contributed by atoms with E-state index in [1.165, 1.54) is 12.0 Å². The van der Waals surface area contributed by atoms with Crippen LogP contribution >= 0.6 is 12.4 Å². The van der Waals surface area contributed by atoms with Gasteiger partial charge in [-0.05, 0) is 36.1 Å². The summed E-state index contributed by atoms with van der Waals surface area (Å²) in [6, 6.07) is 18.0. The first-order valence-corrected chi connectivity index (χ1v) is 7.85. The Morgan fingerprint density at radius 2 is 1.70 bits per heavy atom. The van der Waals surface area contributed by atoms with Gasteiger partial charge in [0.05, 0.1) is 6.42 Å². The smallest absolute Gasteiger partial charge is 0.224 e. The van der Waals surface area contributed by atoms with Crippen molar-refractivity contribution in [2.24, 2.45) is 0 Å². The summed E-state index contributed by atoms with van der Waals surface area (Å²) in [4.78, 5) is 12.2. The molecule has 0 aromatic heterocycles. The fourth-order valence-electron chi connectivity index (χ4n) is 3.11. The van der Waals surface area contributed by atoms with Crippen molar-refractivity contribution in [1.82, 2.24) is 5.32 Å². The van der Waals surface area contributed by atoms with Crippen LogP contribution in [0.4, 0.5) is 5.69 Å². The molecule has 1 aliphatic carbocycles. The molecular formula is C19H23ClN2O. The number of amides is 1. The lowest BCUT2D eigenvalue weighted by Gasteiger charge is -2.42. The van der Waals surface area contributed by atoms with Crippen LogP contribution in [0.1, 0.15) is 30.4 Å². The van der Waals surface area contributed by atoms with Gasteiger partial charge in [0.25, 0.3) is 0 Å². The number of carbonyl (C=O) groups is 1. The predicted octanol–water partition coefficient (Wildman–Crippen LogP) is 3.47. The molecule has 2 aromatic carbocycles. The Bertz CT molecular complexity index is 636. The molecule has 1 saturated carbocycles. The zero-order chi connectivity index (χ0) is 15.4. The van der Waals surface area contributed by atoms with E-state index in [0.29, 0.717) is 6.42 Å². The van der Waals surface area contributed by atoms with Crippen LogP contribution in [0.3, 0.4) is 0 Å². The molecule has 122 valence electrons. The van der Waals surface area contributed by atoms with E-state index in [1.54, 1.807) is 0 Å². The van der Waals surface area contributed by atoms with Crippen molar-refractivity contribution in [1.29, 1.82) is 0 Å². The first-order chi connectivity index (χ1) is 10.7. The summed E-state index contributed by atoms with van der Waals surface area (Å²) in [6.45, 7) is 0.727. The number of nitrogens with two attached hydrogens (primary N) is 1. The number of hydrogen-bond donors (Lipinski definition) is 2. The molecule has 1 fully saturated rings. The first-order valence-electron chi connectivity index (χ1n) is 7.85. The lowest BCUT2D eigenvalue weighted by Crippen LogP contribution is -2.45. The van der Waals surface area contributed by atoms with Crippen LogP contribution in [0.25, 0.3) is 0 Å². The standard InChI is InChI=1S/C19H22N2O.ClH/c20-17-9-7-15(8-10-17)13-18(22)21-14-19(11-4-12-19)16-5-2-1-3-6-16;/h1-3,5-10H,4,11-14,20H2,(H,21,22);1H. The van der Waals surface area contributed by atoms with Crippen LogP contribution in [0, 0.1) is 0 Å². The molecule has 0 unspecified atom stereocenters. The molecule has 4 heteroatoms. The predicted molar refractivity (Wildman–Crippen MR) is 96.8 cm³/mol. The Morgan fingerprint density at radius 3 is 2.26 bits per heavy atom. The molecular weight excluding hydrogens is 308 g/mol. The minimum absolute atomic E-state index is 0. The van der Waals surface area contributed by atoms with Gasteiger partial charge in [-0.15, -0.1) is 12.4 Å². The average molecular weight is 331 g/mol. The Balaban J connectivity index is 0.00000192. The zero-order valence-corrected chi connectivity index (χ0v) is 13.9. The third-order valence-electron chi connectivity index (χ3n) is 4.67. The molecule has 1 amide bonds. The van der Waals surface area contributed by atoms with E-state index in [0.717, 1.165) is 30.6 Å². The second-order valence-electron chi connectivity index (χ2n) is 6.19. The van der Waals surface area contributed by atoms with Crippen LogP contribution in [0.5, 0.6) is 0 Å². The molecule has 0 saturated heterocycles. The highest BCUT2D eigenvalue weighted by Gasteiger charge is 2.38. The van der Waals surface area contributed by atoms with Crippen LogP contribution in [0.2, 0.25) is 0 Å². The number of nitrogen functional groups attached to an aromatic ring is 1. The minimum Gasteiger partial charge on any atom is -0.399 e. The maximum atomic E-state index is 12.2. The van der Waals surface area contributed by atoms with Crippen molar-refractivity contribution in [3.05, 3.63) is 65.7 Å². The first kappa shape index (κ1) is 17.4. The van der Waals surface area contributed by atoms with Crippen molar-refractivity contribution < 1.29 is 4.79 Å². The Hall–Kier alpha value is -2.00. The molecule has 0 radical (unpaired) electrons. The van der Waals surface area contributed by atoms with Crippen molar-refractivity contribution in [2.45, 2.75) is 31.1 Å². The lowest BCUT2D eigenvalue weighted by atomic mass is 9.64. The molecule has 3 rings (SSSR count). The molecule has 0 bridgehead atoms. The summed E-state index contributed by atoms with van der Waals surface area (Å²) in [5.41, 5.74) is 8.86. The quantitative estimate of drug-likeness (QED) is 0.825. The molecule has 1 aliphatic rings. The van der Waals surface area contributed by atoms with Gasteiger partial charge in [0.2, 0.25) is 5.91 Å². The fourth-order valence-corrected chi connectivity index (χ4v) is 3.11. The van der Waals surface area contributed by atoms with E-state index in [2.05, 4.69) is 29.6 Å². The highest BCUT2D eigenvalue weighted by atomic mass is 35.5. The van der Waals surface area contributed by atoms with Crippen molar-refractivity contribution >= 4 is 24.0 Å². The molecule has 23 heavy (non-hydrogen) atoms. The Labute approximate surface area is 143 Å². The maximum absolute atomic E-state index is 12.2. The van der Waals surface area contributed by atoms with Gasteiger partial charge in [-0.25, -0.2) is 0 Å². The van der Waals surface area contributed by atoms with Gasteiger partial charge in [-0.2, -0.15) is 0 Å². The molecule has 0 aliphatic heterocycles. The highest BCUT2D eigenvalue weighted by Crippen LogP contribution is 2.43. The minimum atomic E-state index is 0. The zero-order valence-electron chi connectivity index (χ0n) is 13.1. The third-order valence-corrected chi connectivity index (χ3v) is 4.67. The average Bonchev–Trinajstić information content (AvgIpc) is 2.50. The van der Waals surface area contributed by atoms with Gasteiger partial charge in [-0.1, -0.05) is 48.9 Å². The van der Waals surface area contributed by atoms with Crippen molar-refractivity contribution in [2.75, 3.05) is 12.3 Å². The van der Waals surface area contributed by atoms with E-state index in [1.807, 2.05) is 30.3 Å². The number of hydrogen-bond acceptors (Lipinski definition) is 2. The number of nitrogens with one attached hydrogen (secondary N) is 1. The van der Waals surface area contributed by atoms with Gasteiger partial charge in [0, 0.05) is 17.6 Å². The van der Waals surface area contributed by atoms with Crippen LogP contribution in [-0.2, 0) is 16.6 Å². The molecule has 3 N–H and O–H groups in total. The number of rotatable bonds is 5. The second-order valence-corrected chi connectivity index (χ2v) is 6.19. The third kappa shape index (κ3) is 4.05. The normalized spacial score (nSPS) is 15.1. The van der Waals surface area contributed by atoms with Gasteiger partial charge >= 0.3 is 0 Å². The van der Waals surface area contributed by atoms with E-state index >= 15 is 0 Å². The summed E-state index contributed by atoms with van der Waals surface area (Å²) in [6.07, 6.45) is 3.95. The highest BCUT2D eigenvalue weighted by molar-refractivity contribution is 5.85. The van der Waals surface area contributed by atoms with Crippen LogP contribution < -0.4 is 11.1 Å². The summed E-state index contributed by atoms with van der Waals surface area (Å²) >= 11 is 0. The summed E-state index contributed by atoms with van der Waals surface area (Å²) < 4.78 is 0. The Morgan fingerprint density at radius 1 is 1.04 bits per heavy atom. The lowest BCUT2D eigenvalue weighted by molar-refractivity contribution is -0.120. The monoisotopic (exact) mass is 330 g/mol. The fraction of sp³-hybridized carbons (Fsp3) is 0.316. The number of benzene rings is 2. The molecule has 2 aromatic rings. The Kier molecular flexibility index (Phi) is 5.67. The largest absolute Gasteiger partial charge is 0.399 e. The van der Waals surface area contributed by atoms with Crippen molar-refractivity contribution in [3.8, 4) is 0 Å². The van der Waals surface area contributed by atoms with E-state index < -0.39 is 0 Å². The molecule has 0 heterocycles. The molecule has 0 spiro atoms. The van der Waals surface area contributed by atoms with Crippen molar-refractivity contribution in [3.63, 3.8) is 0 Å². The van der Waals surface area contributed by atoms with E-state index in [4.69, 9.17) is 5.73 Å². The summed E-state index contributed by atoms with van der Waals surface area (Å²) in [5, 5.41) is 3.12. The second kappa shape index (κ2) is 7.51. The number of anilines is 1. The maximum Gasteiger partial charge on any atom is 0.224 e. The van der Waals surface area contributed by atoms with Crippen LogP contribution in [-0.4, -0.2) is 12.5 Å². The molecule has 3 nitrogen and oxygen atoms in total. The van der Waals surface area contributed by atoms with Gasteiger partial charge < -0.3 is 11.1 Å². The van der Waals surface area contributed by atoms with E-state index in [-0.39, 0.29) is 23.7 Å². The summed E-state index contributed by atoms with van der Waals surface area (Å²) in [7, 11) is 0. The topological polar surface area (TPSA) is 55.1 Å². The summed E-state index contributed by atoms with van der Waals surface area (Å²) in [5.74, 6) is 0.0759. The van der Waals surface area contributed by atoms with Gasteiger partial charge in [0.1, 0.15) is 0 Å². The molecule has 0 atom stereocenters.